The average Bonchev–Trinajstić information content (AvgIpc) is 2.88. The Hall–Kier alpha value is -1.56. The molecule has 0 spiro atoms. The predicted octanol–water partition coefficient (Wildman–Crippen LogP) is 1.90. The second-order valence-corrected chi connectivity index (χ2v) is 5.14. The SMILES string of the molecule is COCC(N)C(=O)Cc1nc(-c2ccccc2)cs1. The van der Waals surface area contributed by atoms with E-state index in [-0.39, 0.29) is 18.8 Å². The number of hydrogen-bond donors (Lipinski definition) is 1. The van der Waals surface area contributed by atoms with Crippen LogP contribution in [0.15, 0.2) is 35.7 Å². The zero-order valence-electron chi connectivity index (χ0n) is 10.7. The molecule has 1 heterocycles. The molecule has 0 amide bonds. The quantitative estimate of drug-likeness (QED) is 0.875. The number of Topliss-reactive ketones (excluding diaryl/α,β-unsaturated/α-hetero) is 1. The van der Waals surface area contributed by atoms with Crippen LogP contribution < -0.4 is 5.73 Å². The van der Waals surface area contributed by atoms with Crippen LogP contribution in [0.4, 0.5) is 0 Å². The molecule has 0 saturated carbocycles. The average molecular weight is 276 g/mol. The van der Waals surface area contributed by atoms with E-state index in [2.05, 4.69) is 4.98 Å². The Morgan fingerprint density at radius 1 is 1.42 bits per heavy atom. The minimum absolute atomic E-state index is 0.0455. The second kappa shape index (κ2) is 6.56. The Balaban J connectivity index is 2.04. The lowest BCUT2D eigenvalue weighted by molar-refractivity contribution is -0.120. The number of ether oxygens (including phenoxy) is 1. The summed E-state index contributed by atoms with van der Waals surface area (Å²) in [4.78, 5) is 16.3. The molecule has 5 heteroatoms. The third-order valence-electron chi connectivity index (χ3n) is 2.71. The summed E-state index contributed by atoms with van der Waals surface area (Å²) in [5.74, 6) is -0.0455. The Bertz CT molecular complexity index is 539. The molecule has 19 heavy (non-hydrogen) atoms. The van der Waals surface area contributed by atoms with E-state index < -0.39 is 6.04 Å². The van der Waals surface area contributed by atoms with Crippen molar-refractivity contribution in [3.05, 3.63) is 40.7 Å². The van der Waals surface area contributed by atoms with Gasteiger partial charge in [0, 0.05) is 18.1 Å². The highest BCUT2D eigenvalue weighted by atomic mass is 32.1. The second-order valence-electron chi connectivity index (χ2n) is 4.20. The fourth-order valence-electron chi connectivity index (χ4n) is 1.69. The normalized spacial score (nSPS) is 12.3. The zero-order valence-corrected chi connectivity index (χ0v) is 11.5. The lowest BCUT2D eigenvalue weighted by atomic mass is 10.1. The van der Waals surface area contributed by atoms with Gasteiger partial charge in [0.15, 0.2) is 5.78 Å². The first kappa shape index (κ1) is 13.9. The van der Waals surface area contributed by atoms with Crippen molar-refractivity contribution in [2.75, 3.05) is 13.7 Å². The molecule has 1 atom stereocenters. The van der Waals surface area contributed by atoms with E-state index in [0.717, 1.165) is 16.3 Å². The first-order valence-corrected chi connectivity index (χ1v) is 6.85. The Morgan fingerprint density at radius 2 is 2.16 bits per heavy atom. The lowest BCUT2D eigenvalue weighted by Crippen LogP contribution is -2.35. The first-order valence-electron chi connectivity index (χ1n) is 5.97. The number of methoxy groups -OCH3 is 1. The Labute approximate surface area is 116 Å². The molecule has 0 fully saturated rings. The number of rotatable bonds is 6. The molecule has 0 aliphatic carbocycles. The first-order chi connectivity index (χ1) is 9.20. The van der Waals surface area contributed by atoms with Gasteiger partial charge >= 0.3 is 0 Å². The van der Waals surface area contributed by atoms with E-state index in [4.69, 9.17) is 10.5 Å². The summed E-state index contributed by atoms with van der Waals surface area (Å²) < 4.78 is 4.87. The van der Waals surface area contributed by atoms with Gasteiger partial charge in [-0.05, 0) is 0 Å². The molecule has 0 aliphatic rings. The van der Waals surface area contributed by atoms with Crippen molar-refractivity contribution in [1.82, 2.24) is 4.98 Å². The van der Waals surface area contributed by atoms with Crippen LogP contribution in [0, 0.1) is 0 Å². The molecule has 0 aliphatic heterocycles. The lowest BCUT2D eigenvalue weighted by Gasteiger charge is -2.07. The van der Waals surface area contributed by atoms with Gasteiger partial charge in [-0.2, -0.15) is 0 Å². The summed E-state index contributed by atoms with van der Waals surface area (Å²) in [5.41, 5.74) is 7.65. The standard InChI is InChI=1S/C14H16N2O2S/c1-18-8-11(15)13(17)7-14-16-12(9-19-14)10-5-3-2-4-6-10/h2-6,9,11H,7-8,15H2,1H3. The summed E-state index contributed by atoms with van der Waals surface area (Å²) in [6.07, 6.45) is 0.266. The van der Waals surface area contributed by atoms with Crippen molar-refractivity contribution in [3.63, 3.8) is 0 Å². The highest BCUT2D eigenvalue weighted by Gasteiger charge is 2.15. The smallest absolute Gasteiger partial charge is 0.158 e. The largest absolute Gasteiger partial charge is 0.383 e. The fraction of sp³-hybridized carbons (Fsp3) is 0.286. The summed E-state index contributed by atoms with van der Waals surface area (Å²) in [6, 6.07) is 9.31. The topological polar surface area (TPSA) is 65.2 Å². The van der Waals surface area contributed by atoms with Gasteiger partial charge in [-0.15, -0.1) is 11.3 Å². The van der Waals surface area contributed by atoms with Gasteiger partial charge in [-0.25, -0.2) is 4.98 Å². The molecule has 1 aromatic carbocycles. The summed E-state index contributed by atoms with van der Waals surface area (Å²) in [7, 11) is 1.53. The van der Waals surface area contributed by atoms with Crippen molar-refractivity contribution in [2.45, 2.75) is 12.5 Å². The number of carbonyl (C=O) groups excluding carboxylic acids is 1. The van der Waals surface area contributed by atoms with Crippen LogP contribution in [0.2, 0.25) is 0 Å². The maximum Gasteiger partial charge on any atom is 0.158 e. The molecule has 0 radical (unpaired) electrons. The molecular formula is C14H16N2O2S. The number of thiazole rings is 1. The van der Waals surface area contributed by atoms with Crippen LogP contribution in [0.5, 0.6) is 0 Å². The summed E-state index contributed by atoms with van der Waals surface area (Å²) >= 11 is 1.48. The highest BCUT2D eigenvalue weighted by Crippen LogP contribution is 2.21. The van der Waals surface area contributed by atoms with E-state index >= 15 is 0 Å². The van der Waals surface area contributed by atoms with Gasteiger partial charge in [0.25, 0.3) is 0 Å². The van der Waals surface area contributed by atoms with Gasteiger partial charge in [-0.1, -0.05) is 30.3 Å². The molecule has 2 rings (SSSR count). The molecule has 4 nitrogen and oxygen atoms in total. The number of nitrogens with two attached hydrogens (primary N) is 1. The zero-order chi connectivity index (χ0) is 13.7. The molecule has 0 bridgehead atoms. The molecular weight excluding hydrogens is 260 g/mol. The monoisotopic (exact) mass is 276 g/mol. The number of carbonyl (C=O) groups is 1. The van der Waals surface area contributed by atoms with Crippen LogP contribution in [-0.2, 0) is 16.0 Å². The van der Waals surface area contributed by atoms with Crippen molar-refractivity contribution in [2.24, 2.45) is 5.73 Å². The van der Waals surface area contributed by atoms with Crippen LogP contribution in [0.25, 0.3) is 11.3 Å². The van der Waals surface area contributed by atoms with Gasteiger partial charge < -0.3 is 10.5 Å². The van der Waals surface area contributed by atoms with E-state index in [0.29, 0.717) is 0 Å². The van der Waals surface area contributed by atoms with E-state index in [9.17, 15) is 4.79 Å². The minimum atomic E-state index is -0.575. The Kier molecular flexibility index (Phi) is 4.79. The van der Waals surface area contributed by atoms with Crippen molar-refractivity contribution < 1.29 is 9.53 Å². The minimum Gasteiger partial charge on any atom is -0.383 e. The Morgan fingerprint density at radius 3 is 2.84 bits per heavy atom. The summed E-state index contributed by atoms with van der Waals surface area (Å²) in [5, 5.41) is 2.75. The van der Waals surface area contributed by atoms with E-state index in [1.165, 1.54) is 18.4 Å². The van der Waals surface area contributed by atoms with Crippen LogP contribution in [-0.4, -0.2) is 30.5 Å². The van der Waals surface area contributed by atoms with Crippen molar-refractivity contribution in [1.29, 1.82) is 0 Å². The van der Waals surface area contributed by atoms with Gasteiger partial charge in [-0.3, -0.25) is 4.79 Å². The molecule has 1 aromatic heterocycles. The van der Waals surface area contributed by atoms with Crippen molar-refractivity contribution in [3.8, 4) is 11.3 Å². The third-order valence-corrected chi connectivity index (χ3v) is 3.56. The molecule has 100 valence electrons. The maximum atomic E-state index is 11.8. The van der Waals surface area contributed by atoms with Gasteiger partial charge in [0.1, 0.15) is 5.01 Å². The number of ketones is 1. The van der Waals surface area contributed by atoms with Crippen molar-refractivity contribution >= 4 is 17.1 Å². The predicted molar refractivity (Wildman–Crippen MR) is 76.1 cm³/mol. The molecule has 2 N–H and O–H groups in total. The number of nitrogens with zero attached hydrogens (tertiary/aromatic N) is 1. The molecule has 2 aromatic rings. The fourth-order valence-corrected chi connectivity index (χ4v) is 2.50. The maximum absolute atomic E-state index is 11.8. The van der Waals surface area contributed by atoms with E-state index in [1.54, 1.807) is 0 Å². The number of benzene rings is 1. The van der Waals surface area contributed by atoms with E-state index in [1.807, 2.05) is 35.7 Å². The number of aromatic nitrogens is 1. The molecule has 1 unspecified atom stereocenters. The molecule has 0 saturated heterocycles. The van der Waals surface area contributed by atoms with Gasteiger partial charge in [0.05, 0.1) is 24.8 Å². The highest BCUT2D eigenvalue weighted by molar-refractivity contribution is 7.10. The van der Waals surface area contributed by atoms with Crippen LogP contribution in [0.1, 0.15) is 5.01 Å². The van der Waals surface area contributed by atoms with Crippen LogP contribution >= 0.6 is 11.3 Å². The van der Waals surface area contributed by atoms with Gasteiger partial charge in [0.2, 0.25) is 0 Å². The summed E-state index contributed by atoms with van der Waals surface area (Å²) in [6.45, 7) is 0.246. The van der Waals surface area contributed by atoms with Crippen LogP contribution in [0.3, 0.4) is 0 Å². The third kappa shape index (κ3) is 3.70. The number of hydrogen-bond acceptors (Lipinski definition) is 5.